The van der Waals surface area contributed by atoms with Gasteiger partial charge in [-0.3, -0.25) is 0 Å². The molecule has 0 unspecified atom stereocenters. The van der Waals surface area contributed by atoms with Crippen LogP contribution in [0.15, 0.2) is 15.2 Å². The second-order valence-corrected chi connectivity index (χ2v) is 6.21. The van der Waals surface area contributed by atoms with Crippen molar-refractivity contribution < 1.29 is 0 Å². The van der Waals surface area contributed by atoms with Crippen LogP contribution in [0.5, 0.6) is 0 Å². The van der Waals surface area contributed by atoms with Crippen LogP contribution in [0.1, 0.15) is 30.1 Å². The lowest BCUT2D eigenvalue weighted by Gasteiger charge is -2.08. The van der Waals surface area contributed by atoms with Gasteiger partial charge >= 0.3 is 0 Å². The molecule has 17 heavy (non-hydrogen) atoms. The molecule has 2 nitrogen and oxygen atoms in total. The van der Waals surface area contributed by atoms with E-state index in [1.54, 1.807) is 11.3 Å². The van der Waals surface area contributed by atoms with E-state index in [-0.39, 0.29) is 0 Å². The summed E-state index contributed by atoms with van der Waals surface area (Å²) in [6.45, 7) is 1.97. The molecule has 0 amide bonds. The summed E-state index contributed by atoms with van der Waals surface area (Å²) in [7, 11) is 0. The highest BCUT2D eigenvalue weighted by atomic mass is 79.9. The van der Waals surface area contributed by atoms with Gasteiger partial charge in [-0.1, -0.05) is 11.6 Å². The van der Waals surface area contributed by atoms with Gasteiger partial charge in [-0.25, -0.2) is 9.97 Å². The first-order valence-electron chi connectivity index (χ1n) is 5.43. The predicted molar refractivity (Wildman–Crippen MR) is 74.8 cm³/mol. The molecule has 88 valence electrons. The summed E-state index contributed by atoms with van der Waals surface area (Å²) in [6.07, 6.45) is 2.37. The highest BCUT2D eigenvalue weighted by Crippen LogP contribution is 2.41. The Morgan fingerprint density at radius 1 is 1.35 bits per heavy atom. The van der Waals surface area contributed by atoms with Crippen molar-refractivity contribution in [3.05, 3.63) is 31.8 Å². The Bertz CT molecular complexity index is 578. The Morgan fingerprint density at radius 3 is 2.71 bits per heavy atom. The van der Waals surface area contributed by atoms with Crippen LogP contribution in [-0.4, -0.2) is 9.97 Å². The standard InChI is InChI=1S/C12H10BrClN2S/c1-6-10(8-4-17-5-9(8)13)15-12(7-2-3-7)16-11(6)14/h4-5,7H,2-3H2,1H3. The van der Waals surface area contributed by atoms with Gasteiger partial charge in [-0.15, -0.1) is 0 Å². The summed E-state index contributed by atoms with van der Waals surface area (Å²) < 4.78 is 1.07. The van der Waals surface area contributed by atoms with Gasteiger partial charge < -0.3 is 0 Å². The summed E-state index contributed by atoms with van der Waals surface area (Å²) in [5.41, 5.74) is 3.02. The molecule has 0 radical (unpaired) electrons. The first kappa shape index (κ1) is 11.6. The molecule has 0 aromatic carbocycles. The van der Waals surface area contributed by atoms with E-state index in [1.165, 1.54) is 12.8 Å². The van der Waals surface area contributed by atoms with Crippen molar-refractivity contribution in [1.82, 2.24) is 9.97 Å². The second kappa shape index (κ2) is 4.34. The third kappa shape index (κ3) is 2.14. The smallest absolute Gasteiger partial charge is 0.136 e. The highest BCUT2D eigenvalue weighted by Gasteiger charge is 2.28. The first-order chi connectivity index (χ1) is 8.16. The molecule has 1 fully saturated rings. The number of thiophene rings is 1. The summed E-state index contributed by atoms with van der Waals surface area (Å²) >= 11 is 11.4. The minimum atomic E-state index is 0.518. The van der Waals surface area contributed by atoms with Gasteiger partial charge in [0.05, 0.1) is 5.69 Å². The Hall–Kier alpha value is -0.450. The van der Waals surface area contributed by atoms with E-state index in [4.69, 9.17) is 11.6 Å². The van der Waals surface area contributed by atoms with E-state index in [1.807, 2.05) is 6.92 Å². The van der Waals surface area contributed by atoms with Crippen molar-refractivity contribution in [1.29, 1.82) is 0 Å². The lowest BCUT2D eigenvalue weighted by Crippen LogP contribution is -1.99. The zero-order chi connectivity index (χ0) is 12.0. The average Bonchev–Trinajstić information content (AvgIpc) is 3.06. The molecule has 0 atom stereocenters. The maximum Gasteiger partial charge on any atom is 0.136 e. The Labute approximate surface area is 117 Å². The van der Waals surface area contributed by atoms with Crippen molar-refractivity contribution in [3.63, 3.8) is 0 Å². The Morgan fingerprint density at radius 2 is 2.12 bits per heavy atom. The molecule has 3 rings (SSSR count). The largest absolute Gasteiger partial charge is 0.232 e. The van der Waals surface area contributed by atoms with E-state index >= 15 is 0 Å². The highest BCUT2D eigenvalue weighted by molar-refractivity contribution is 9.10. The van der Waals surface area contributed by atoms with Crippen LogP contribution >= 0.6 is 38.9 Å². The molecule has 1 aliphatic rings. The lowest BCUT2D eigenvalue weighted by atomic mass is 10.1. The van der Waals surface area contributed by atoms with Crippen LogP contribution < -0.4 is 0 Å². The van der Waals surface area contributed by atoms with Crippen molar-refractivity contribution in [2.45, 2.75) is 25.7 Å². The molecule has 5 heteroatoms. The van der Waals surface area contributed by atoms with Gasteiger partial charge in [0.25, 0.3) is 0 Å². The summed E-state index contributed by atoms with van der Waals surface area (Å²) in [4.78, 5) is 9.06. The fourth-order valence-corrected chi connectivity index (χ4v) is 3.39. The van der Waals surface area contributed by atoms with Crippen LogP contribution in [0.25, 0.3) is 11.3 Å². The molecule has 2 aromatic heterocycles. The minimum absolute atomic E-state index is 0.518. The third-order valence-corrected chi connectivity index (χ3v) is 4.99. The number of aromatic nitrogens is 2. The fraction of sp³-hybridized carbons (Fsp3) is 0.333. The maximum absolute atomic E-state index is 6.20. The molecule has 0 bridgehead atoms. The van der Waals surface area contributed by atoms with Gasteiger partial charge in [-0.2, -0.15) is 11.3 Å². The number of rotatable bonds is 2. The lowest BCUT2D eigenvalue weighted by molar-refractivity contribution is 0.922. The van der Waals surface area contributed by atoms with E-state index in [0.29, 0.717) is 11.1 Å². The van der Waals surface area contributed by atoms with E-state index < -0.39 is 0 Å². The van der Waals surface area contributed by atoms with Crippen LogP contribution in [-0.2, 0) is 0 Å². The molecule has 0 aliphatic heterocycles. The van der Waals surface area contributed by atoms with Gasteiger partial charge in [0.15, 0.2) is 0 Å². The van der Waals surface area contributed by atoms with Crippen LogP contribution in [0.3, 0.4) is 0 Å². The Kier molecular flexibility index (Phi) is 2.97. The molecular weight excluding hydrogens is 320 g/mol. The summed E-state index contributed by atoms with van der Waals surface area (Å²) in [5, 5.41) is 4.73. The fourth-order valence-electron chi connectivity index (χ4n) is 1.74. The Balaban J connectivity index is 2.17. The molecule has 0 spiro atoms. The van der Waals surface area contributed by atoms with Crippen molar-refractivity contribution in [2.75, 3.05) is 0 Å². The van der Waals surface area contributed by atoms with Crippen LogP contribution in [0.2, 0.25) is 5.15 Å². The van der Waals surface area contributed by atoms with Gasteiger partial charge in [0, 0.05) is 32.3 Å². The first-order valence-corrected chi connectivity index (χ1v) is 7.54. The predicted octanol–water partition coefficient (Wildman–Crippen LogP) is 4.81. The molecular formula is C12H10BrClN2S. The number of halogens is 2. The van der Waals surface area contributed by atoms with Crippen molar-refractivity contribution in [3.8, 4) is 11.3 Å². The topological polar surface area (TPSA) is 25.8 Å². The summed E-state index contributed by atoms with van der Waals surface area (Å²) in [5.74, 6) is 1.41. The van der Waals surface area contributed by atoms with Gasteiger partial charge in [-0.05, 0) is 35.7 Å². The second-order valence-electron chi connectivity index (χ2n) is 4.25. The number of hydrogen-bond acceptors (Lipinski definition) is 3. The monoisotopic (exact) mass is 328 g/mol. The van der Waals surface area contributed by atoms with E-state index in [2.05, 4.69) is 36.7 Å². The molecule has 1 saturated carbocycles. The van der Waals surface area contributed by atoms with Crippen LogP contribution in [0, 0.1) is 6.92 Å². The third-order valence-electron chi connectivity index (χ3n) is 2.92. The zero-order valence-electron chi connectivity index (χ0n) is 9.20. The quantitative estimate of drug-likeness (QED) is 0.739. The van der Waals surface area contributed by atoms with E-state index in [0.717, 1.165) is 27.1 Å². The summed E-state index contributed by atoms with van der Waals surface area (Å²) in [6, 6.07) is 0. The average molecular weight is 330 g/mol. The number of nitrogens with zero attached hydrogens (tertiary/aromatic N) is 2. The van der Waals surface area contributed by atoms with Gasteiger partial charge in [0.2, 0.25) is 0 Å². The molecule has 0 N–H and O–H groups in total. The molecule has 1 aliphatic carbocycles. The molecule has 2 aromatic rings. The SMILES string of the molecule is Cc1c(Cl)nc(C2CC2)nc1-c1cscc1Br. The molecule has 0 saturated heterocycles. The number of hydrogen-bond donors (Lipinski definition) is 0. The molecule has 2 heterocycles. The van der Waals surface area contributed by atoms with Gasteiger partial charge in [0.1, 0.15) is 11.0 Å². The van der Waals surface area contributed by atoms with Crippen molar-refractivity contribution >= 4 is 38.9 Å². The zero-order valence-corrected chi connectivity index (χ0v) is 12.4. The van der Waals surface area contributed by atoms with Crippen LogP contribution in [0.4, 0.5) is 0 Å². The minimum Gasteiger partial charge on any atom is -0.232 e. The normalized spacial score (nSPS) is 15.2. The maximum atomic E-state index is 6.20. The van der Waals surface area contributed by atoms with Crippen molar-refractivity contribution in [2.24, 2.45) is 0 Å². The van der Waals surface area contributed by atoms with E-state index in [9.17, 15) is 0 Å².